The summed E-state index contributed by atoms with van der Waals surface area (Å²) in [5, 5.41) is 0. The fourth-order valence-electron chi connectivity index (χ4n) is 1.82. The predicted octanol–water partition coefficient (Wildman–Crippen LogP) is 3.41. The molecule has 0 aromatic carbocycles. The van der Waals surface area contributed by atoms with E-state index in [1.54, 1.807) is 0 Å². The molecule has 1 aliphatic heterocycles. The molecule has 2 heteroatoms. The van der Waals surface area contributed by atoms with Crippen molar-refractivity contribution < 1.29 is 0 Å². The molecular formula is C13H22N2. The Hall–Kier alpha value is -1.05. The molecule has 0 N–H and O–H groups in total. The maximum atomic E-state index is 4.39. The minimum atomic E-state index is 1.15. The number of nitrogens with zero attached hydrogens (tertiary/aromatic N) is 2. The molecule has 1 aromatic heterocycles. The van der Waals surface area contributed by atoms with Crippen LogP contribution in [0.15, 0.2) is 18.3 Å². The van der Waals surface area contributed by atoms with E-state index in [4.69, 9.17) is 0 Å². The van der Waals surface area contributed by atoms with Crippen molar-refractivity contribution in [1.82, 2.24) is 4.98 Å². The van der Waals surface area contributed by atoms with Crippen LogP contribution in [0.2, 0.25) is 0 Å². The zero-order chi connectivity index (χ0) is 11.1. The molecule has 1 aliphatic rings. The Bertz CT molecular complexity index is 278. The van der Waals surface area contributed by atoms with E-state index in [1.807, 2.05) is 26.1 Å². The van der Waals surface area contributed by atoms with E-state index in [-0.39, 0.29) is 0 Å². The molecule has 0 bridgehead atoms. The number of rotatable bonds is 1. The first-order valence-electron chi connectivity index (χ1n) is 6.04. The first kappa shape index (κ1) is 12.0. The summed E-state index contributed by atoms with van der Waals surface area (Å²) in [7, 11) is 0. The maximum Gasteiger partial charge on any atom is 0.128 e. The fourth-order valence-corrected chi connectivity index (χ4v) is 1.82. The topological polar surface area (TPSA) is 16.1 Å². The number of aryl methyl sites for hydroxylation is 1. The van der Waals surface area contributed by atoms with E-state index in [2.05, 4.69) is 22.9 Å². The van der Waals surface area contributed by atoms with E-state index in [0.717, 1.165) is 5.82 Å². The molecule has 0 atom stereocenters. The smallest absolute Gasteiger partial charge is 0.128 e. The van der Waals surface area contributed by atoms with Gasteiger partial charge in [0.15, 0.2) is 0 Å². The van der Waals surface area contributed by atoms with Gasteiger partial charge in [-0.25, -0.2) is 4.98 Å². The van der Waals surface area contributed by atoms with Gasteiger partial charge < -0.3 is 4.90 Å². The Morgan fingerprint density at radius 1 is 1.13 bits per heavy atom. The quantitative estimate of drug-likeness (QED) is 0.700. The van der Waals surface area contributed by atoms with Crippen molar-refractivity contribution in [3.8, 4) is 0 Å². The summed E-state index contributed by atoms with van der Waals surface area (Å²) >= 11 is 0. The van der Waals surface area contributed by atoms with Crippen LogP contribution in [-0.2, 0) is 0 Å². The van der Waals surface area contributed by atoms with Gasteiger partial charge in [-0.15, -0.1) is 0 Å². The van der Waals surface area contributed by atoms with E-state index < -0.39 is 0 Å². The van der Waals surface area contributed by atoms with Gasteiger partial charge in [-0.2, -0.15) is 0 Å². The number of hydrogen-bond donors (Lipinski definition) is 0. The third-order valence-electron chi connectivity index (χ3n) is 2.58. The molecule has 0 unspecified atom stereocenters. The summed E-state index contributed by atoms with van der Waals surface area (Å²) in [5.41, 5.74) is 1.30. The monoisotopic (exact) mass is 206 g/mol. The van der Waals surface area contributed by atoms with Crippen LogP contribution < -0.4 is 4.90 Å². The minimum absolute atomic E-state index is 1.15. The van der Waals surface area contributed by atoms with Crippen molar-refractivity contribution in [2.45, 2.75) is 40.0 Å². The molecule has 0 amide bonds. The Balaban J connectivity index is 0.000000531. The van der Waals surface area contributed by atoms with Crippen molar-refractivity contribution in [3.63, 3.8) is 0 Å². The normalized spacial score (nSPS) is 15.5. The second-order valence-electron chi connectivity index (χ2n) is 3.74. The van der Waals surface area contributed by atoms with Gasteiger partial charge in [-0.1, -0.05) is 13.8 Å². The lowest BCUT2D eigenvalue weighted by Crippen LogP contribution is -2.30. The molecule has 0 spiro atoms. The average molecular weight is 206 g/mol. The standard InChI is InChI=1S/C11H16N2.C2H6/c1-10-5-6-12-11(9-10)13-7-3-2-4-8-13;1-2/h5-6,9H,2-4,7-8H2,1H3;1-2H3. The fraction of sp³-hybridized carbons (Fsp3) is 0.615. The summed E-state index contributed by atoms with van der Waals surface area (Å²) in [6.07, 6.45) is 5.91. The summed E-state index contributed by atoms with van der Waals surface area (Å²) in [6.45, 7) is 8.47. The average Bonchev–Trinajstić information content (AvgIpc) is 2.33. The van der Waals surface area contributed by atoms with Gasteiger partial charge in [0.25, 0.3) is 0 Å². The van der Waals surface area contributed by atoms with Crippen LogP contribution in [-0.4, -0.2) is 18.1 Å². The Morgan fingerprint density at radius 2 is 1.80 bits per heavy atom. The molecule has 0 aliphatic carbocycles. The largest absolute Gasteiger partial charge is 0.357 e. The van der Waals surface area contributed by atoms with Crippen LogP contribution in [0.5, 0.6) is 0 Å². The molecule has 0 radical (unpaired) electrons. The van der Waals surface area contributed by atoms with Crippen LogP contribution in [0.4, 0.5) is 5.82 Å². The van der Waals surface area contributed by atoms with Gasteiger partial charge in [-0.05, 0) is 43.9 Å². The zero-order valence-electron chi connectivity index (χ0n) is 10.2. The second-order valence-corrected chi connectivity index (χ2v) is 3.74. The molecular weight excluding hydrogens is 184 g/mol. The highest BCUT2D eigenvalue weighted by Gasteiger charge is 2.11. The summed E-state index contributed by atoms with van der Waals surface area (Å²) in [5.74, 6) is 1.15. The van der Waals surface area contributed by atoms with E-state index in [0.29, 0.717) is 0 Å². The van der Waals surface area contributed by atoms with Gasteiger partial charge in [0.1, 0.15) is 5.82 Å². The first-order chi connectivity index (χ1) is 7.36. The third-order valence-corrected chi connectivity index (χ3v) is 2.58. The lowest BCUT2D eigenvalue weighted by atomic mass is 10.1. The molecule has 2 nitrogen and oxygen atoms in total. The summed E-state index contributed by atoms with van der Waals surface area (Å²) < 4.78 is 0. The lowest BCUT2D eigenvalue weighted by Gasteiger charge is -2.27. The van der Waals surface area contributed by atoms with E-state index in [9.17, 15) is 0 Å². The highest BCUT2D eigenvalue weighted by Crippen LogP contribution is 2.17. The molecule has 0 saturated carbocycles. The molecule has 15 heavy (non-hydrogen) atoms. The Morgan fingerprint density at radius 3 is 2.40 bits per heavy atom. The zero-order valence-corrected chi connectivity index (χ0v) is 10.2. The van der Waals surface area contributed by atoms with Crippen molar-refractivity contribution in [2.75, 3.05) is 18.0 Å². The Kier molecular flexibility index (Phi) is 5.16. The third kappa shape index (κ3) is 3.54. The van der Waals surface area contributed by atoms with Crippen LogP contribution in [0.25, 0.3) is 0 Å². The van der Waals surface area contributed by atoms with Crippen molar-refractivity contribution >= 4 is 5.82 Å². The molecule has 1 aromatic rings. The molecule has 1 saturated heterocycles. The van der Waals surface area contributed by atoms with Gasteiger partial charge in [0, 0.05) is 19.3 Å². The van der Waals surface area contributed by atoms with E-state index >= 15 is 0 Å². The van der Waals surface area contributed by atoms with Gasteiger partial charge in [0.05, 0.1) is 0 Å². The highest BCUT2D eigenvalue weighted by molar-refractivity contribution is 5.40. The second kappa shape index (κ2) is 6.44. The Labute approximate surface area is 93.3 Å². The summed E-state index contributed by atoms with van der Waals surface area (Å²) in [4.78, 5) is 6.77. The first-order valence-corrected chi connectivity index (χ1v) is 6.04. The van der Waals surface area contributed by atoms with Gasteiger partial charge in [-0.3, -0.25) is 0 Å². The predicted molar refractivity (Wildman–Crippen MR) is 66.4 cm³/mol. The van der Waals surface area contributed by atoms with Crippen molar-refractivity contribution in [1.29, 1.82) is 0 Å². The SMILES string of the molecule is CC.Cc1ccnc(N2CCCCC2)c1. The number of pyridine rings is 1. The van der Waals surface area contributed by atoms with Crippen molar-refractivity contribution in [3.05, 3.63) is 23.9 Å². The van der Waals surface area contributed by atoms with Crippen LogP contribution in [0.3, 0.4) is 0 Å². The lowest BCUT2D eigenvalue weighted by molar-refractivity contribution is 0.573. The van der Waals surface area contributed by atoms with Gasteiger partial charge >= 0.3 is 0 Å². The van der Waals surface area contributed by atoms with Crippen LogP contribution >= 0.6 is 0 Å². The number of hydrogen-bond acceptors (Lipinski definition) is 2. The number of aromatic nitrogens is 1. The van der Waals surface area contributed by atoms with Crippen LogP contribution in [0.1, 0.15) is 38.7 Å². The maximum absolute atomic E-state index is 4.39. The molecule has 2 rings (SSSR count). The molecule has 84 valence electrons. The highest BCUT2D eigenvalue weighted by atomic mass is 15.2. The number of anilines is 1. The molecule has 2 heterocycles. The minimum Gasteiger partial charge on any atom is -0.357 e. The van der Waals surface area contributed by atoms with Crippen molar-refractivity contribution in [2.24, 2.45) is 0 Å². The summed E-state index contributed by atoms with van der Waals surface area (Å²) in [6, 6.07) is 4.22. The number of piperidine rings is 1. The van der Waals surface area contributed by atoms with E-state index in [1.165, 1.54) is 37.9 Å². The molecule has 1 fully saturated rings. The van der Waals surface area contributed by atoms with Crippen LogP contribution in [0, 0.1) is 6.92 Å². The van der Waals surface area contributed by atoms with Gasteiger partial charge in [0.2, 0.25) is 0 Å².